The van der Waals surface area contributed by atoms with Gasteiger partial charge in [-0.25, -0.2) is 4.63 Å². The minimum absolute atomic E-state index is 0.0242. The summed E-state index contributed by atoms with van der Waals surface area (Å²) in [5, 5.41) is 13.1. The van der Waals surface area contributed by atoms with Crippen molar-refractivity contribution in [2.24, 2.45) is 0 Å². The number of nitrogens with zero attached hydrogens (tertiary/aromatic N) is 2. The molecule has 0 bridgehead atoms. The molecular formula is C17H18ClN5O4. The van der Waals surface area contributed by atoms with E-state index in [-0.39, 0.29) is 11.5 Å². The van der Waals surface area contributed by atoms with Crippen LogP contribution in [0.15, 0.2) is 39.4 Å². The number of rotatable bonds is 8. The van der Waals surface area contributed by atoms with Crippen LogP contribution in [0.25, 0.3) is 11.3 Å². The Morgan fingerprint density at radius 2 is 2.11 bits per heavy atom. The Balaban J connectivity index is 1.45. The number of furan rings is 1. The van der Waals surface area contributed by atoms with E-state index in [1.54, 1.807) is 19.2 Å². The number of carbonyl (C=O) groups is 1. The average molecular weight is 392 g/mol. The first-order chi connectivity index (χ1) is 13.1. The Labute approximate surface area is 159 Å². The molecule has 2 aromatic heterocycles. The van der Waals surface area contributed by atoms with Crippen molar-refractivity contribution in [1.82, 2.24) is 20.9 Å². The fourth-order valence-electron chi connectivity index (χ4n) is 2.36. The van der Waals surface area contributed by atoms with Crippen LogP contribution < -0.4 is 21.1 Å². The number of hydrogen-bond donors (Lipinski definition) is 3. The summed E-state index contributed by atoms with van der Waals surface area (Å²) >= 11 is 6.14. The van der Waals surface area contributed by atoms with Gasteiger partial charge in [-0.05, 0) is 40.6 Å². The van der Waals surface area contributed by atoms with Gasteiger partial charge in [-0.15, -0.1) is 0 Å². The number of benzene rings is 1. The van der Waals surface area contributed by atoms with Crippen molar-refractivity contribution in [3.05, 3.63) is 46.8 Å². The Hall–Kier alpha value is -3.04. The van der Waals surface area contributed by atoms with Gasteiger partial charge < -0.3 is 25.5 Å². The lowest BCUT2D eigenvalue weighted by Gasteiger charge is -2.05. The van der Waals surface area contributed by atoms with Gasteiger partial charge in [0.2, 0.25) is 11.5 Å². The van der Waals surface area contributed by atoms with Crippen LogP contribution in [0.2, 0.25) is 5.02 Å². The second kappa shape index (κ2) is 8.56. The van der Waals surface area contributed by atoms with Crippen LogP contribution in [0, 0.1) is 0 Å². The van der Waals surface area contributed by atoms with E-state index in [0.29, 0.717) is 36.2 Å². The third kappa shape index (κ3) is 4.57. The molecule has 3 aromatic rings. The van der Waals surface area contributed by atoms with Gasteiger partial charge in [0.15, 0.2) is 0 Å². The number of halogens is 1. The molecule has 4 N–H and O–H groups in total. The van der Waals surface area contributed by atoms with Crippen LogP contribution in [0.1, 0.15) is 16.2 Å². The fourth-order valence-corrected chi connectivity index (χ4v) is 2.62. The summed E-state index contributed by atoms with van der Waals surface area (Å²) in [7, 11) is 1.57. The van der Waals surface area contributed by atoms with Gasteiger partial charge in [-0.3, -0.25) is 4.79 Å². The third-order valence-electron chi connectivity index (χ3n) is 3.71. The first-order valence-corrected chi connectivity index (χ1v) is 8.46. The SMILES string of the molecule is COc1ccc(-c2ccc(CNCCNC(=O)c3nonc3N)o2)cc1Cl. The monoisotopic (exact) mass is 391 g/mol. The first kappa shape index (κ1) is 18.7. The van der Waals surface area contributed by atoms with Crippen molar-refractivity contribution in [2.45, 2.75) is 6.54 Å². The molecule has 1 amide bonds. The van der Waals surface area contributed by atoms with Gasteiger partial charge in [0.05, 0.1) is 18.7 Å². The topological polar surface area (TPSA) is 128 Å². The van der Waals surface area contributed by atoms with E-state index in [4.69, 9.17) is 26.5 Å². The molecule has 0 saturated carbocycles. The molecule has 3 rings (SSSR count). The minimum atomic E-state index is -0.438. The van der Waals surface area contributed by atoms with E-state index in [1.807, 2.05) is 18.2 Å². The summed E-state index contributed by atoms with van der Waals surface area (Å²) in [6.45, 7) is 1.42. The Bertz CT molecular complexity index is 924. The number of nitrogens with one attached hydrogen (secondary N) is 2. The predicted octanol–water partition coefficient (Wildman–Crippen LogP) is 2.09. The van der Waals surface area contributed by atoms with Gasteiger partial charge in [-0.2, -0.15) is 0 Å². The highest BCUT2D eigenvalue weighted by atomic mass is 35.5. The number of amides is 1. The first-order valence-electron chi connectivity index (χ1n) is 8.08. The van der Waals surface area contributed by atoms with Crippen LogP contribution in [0.5, 0.6) is 5.75 Å². The van der Waals surface area contributed by atoms with Crippen molar-refractivity contribution in [3.8, 4) is 17.1 Å². The van der Waals surface area contributed by atoms with E-state index < -0.39 is 5.91 Å². The highest BCUT2D eigenvalue weighted by Crippen LogP contribution is 2.31. The lowest BCUT2D eigenvalue weighted by Crippen LogP contribution is -2.32. The maximum atomic E-state index is 11.8. The summed E-state index contributed by atoms with van der Waals surface area (Å²) < 4.78 is 15.3. The minimum Gasteiger partial charge on any atom is -0.495 e. The quantitative estimate of drug-likeness (QED) is 0.498. The van der Waals surface area contributed by atoms with Crippen LogP contribution in [0.4, 0.5) is 5.82 Å². The molecule has 0 atom stereocenters. The number of ether oxygens (including phenoxy) is 1. The van der Waals surface area contributed by atoms with Crippen molar-refractivity contribution in [3.63, 3.8) is 0 Å². The number of nitrogens with two attached hydrogens (primary N) is 1. The Morgan fingerprint density at radius 3 is 2.81 bits per heavy atom. The molecule has 0 unspecified atom stereocenters. The number of hydrogen-bond acceptors (Lipinski definition) is 8. The van der Waals surface area contributed by atoms with E-state index in [1.165, 1.54) is 0 Å². The molecule has 27 heavy (non-hydrogen) atoms. The molecule has 0 aliphatic rings. The largest absolute Gasteiger partial charge is 0.495 e. The molecular weight excluding hydrogens is 374 g/mol. The van der Waals surface area contributed by atoms with E-state index in [2.05, 4.69) is 25.6 Å². The van der Waals surface area contributed by atoms with Gasteiger partial charge in [0, 0.05) is 18.7 Å². The Morgan fingerprint density at radius 1 is 1.26 bits per heavy atom. The molecule has 0 spiro atoms. The summed E-state index contributed by atoms with van der Waals surface area (Å²) in [4.78, 5) is 11.8. The maximum Gasteiger partial charge on any atom is 0.277 e. The van der Waals surface area contributed by atoms with Gasteiger partial charge >= 0.3 is 0 Å². The zero-order valence-electron chi connectivity index (χ0n) is 14.5. The van der Waals surface area contributed by atoms with Gasteiger partial charge in [-0.1, -0.05) is 11.6 Å². The molecule has 9 nitrogen and oxygen atoms in total. The molecule has 0 aliphatic carbocycles. The smallest absolute Gasteiger partial charge is 0.277 e. The molecule has 0 radical (unpaired) electrons. The summed E-state index contributed by atoms with van der Waals surface area (Å²) in [5.41, 5.74) is 6.29. The molecule has 2 heterocycles. The van der Waals surface area contributed by atoms with Gasteiger partial charge in [0.1, 0.15) is 17.3 Å². The standard InChI is InChI=1S/C17H18ClN5O4/c1-25-14-4-2-10(8-12(14)18)13-5-3-11(26-13)9-20-6-7-21-17(24)15-16(19)23-27-22-15/h2-5,8,20H,6-7,9H2,1H3,(H2,19,23)(H,21,24). The summed E-state index contributed by atoms with van der Waals surface area (Å²) in [5.74, 6) is 1.60. The fraction of sp³-hybridized carbons (Fsp3) is 0.235. The molecule has 0 aliphatic heterocycles. The van der Waals surface area contributed by atoms with Crippen molar-refractivity contribution in [1.29, 1.82) is 0 Å². The van der Waals surface area contributed by atoms with Crippen LogP contribution >= 0.6 is 11.6 Å². The van der Waals surface area contributed by atoms with Crippen molar-refractivity contribution >= 4 is 23.3 Å². The molecule has 0 fully saturated rings. The predicted molar refractivity (Wildman–Crippen MR) is 98.5 cm³/mol. The molecule has 1 aromatic carbocycles. The second-order valence-electron chi connectivity index (χ2n) is 5.55. The van der Waals surface area contributed by atoms with Crippen LogP contribution in [-0.2, 0) is 6.54 Å². The van der Waals surface area contributed by atoms with Crippen LogP contribution in [-0.4, -0.2) is 36.4 Å². The number of aromatic nitrogens is 2. The van der Waals surface area contributed by atoms with Crippen LogP contribution in [0.3, 0.4) is 0 Å². The number of nitrogen functional groups attached to an aromatic ring is 1. The van der Waals surface area contributed by atoms with Gasteiger partial charge in [0.25, 0.3) is 5.91 Å². The number of methoxy groups -OCH3 is 1. The Kier molecular flexibility index (Phi) is 5.94. The normalized spacial score (nSPS) is 10.7. The average Bonchev–Trinajstić information content (AvgIpc) is 3.30. The highest BCUT2D eigenvalue weighted by Gasteiger charge is 2.15. The molecule has 142 valence electrons. The van der Waals surface area contributed by atoms with E-state index in [0.717, 1.165) is 11.3 Å². The number of carbonyl (C=O) groups excluding carboxylic acids is 1. The highest BCUT2D eigenvalue weighted by molar-refractivity contribution is 6.32. The number of anilines is 1. The van der Waals surface area contributed by atoms with E-state index in [9.17, 15) is 4.79 Å². The van der Waals surface area contributed by atoms with E-state index >= 15 is 0 Å². The lowest BCUT2D eigenvalue weighted by molar-refractivity contribution is 0.0944. The van der Waals surface area contributed by atoms with Crippen molar-refractivity contribution < 1.29 is 18.6 Å². The zero-order valence-corrected chi connectivity index (χ0v) is 15.2. The molecule has 0 saturated heterocycles. The molecule has 10 heteroatoms. The van der Waals surface area contributed by atoms with Crippen molar-refractivity contribution in [2.75, 3.05) is 25.9 Å². The second-order valence-corrected chi connectivity index (χ2v) is 5.95. The maximum absolute atomic E-state index is 11.8. The summed E-state index contributed by atoms with van der Waals surface area (Å²) in [6, 6.07) is 9.20. The lowest BCUT2D eigenvalue weighted by atomic mass is 10.2. The zero-order chi connectivity index (χ0) is 19.2. The third-order valence-corrected chi connectivity index (χ3v) is 4.01. The summed E-state index contributed by atoms with van der Waals surface area (Å²) in [6.07, 6.45) is 0.